The molecule has 2 atom stereocenters. The molecule has 2 heterocycles. The number of benzene rings is 1. The van der Waals surface area contributed by atoms with Gasteiger partial charge in [-0.25, -0.2) is 0 Å². The number of hydrogen-bond acceptors (Lipinski definition) is 4. The Morgan fingerprint density at radius 2 is 2.30 bits per heavy atom. The topological polar surface area (TPSA) is 61.8 Å². The molecule has 2 aliphatic heterocycles. The highest BCUT2D eigenvalue weighted by Gasteiger charge is 2.26. The average Bonchev–Trinajstić information content (AvgIpc) is 2.51. The maximum absolute atomic E-state index is 11.7. The second-order valence-corrected chi connectivity index (χ2v) is 5.47. The Hall–Kier alpha value is -1.59. The highest BCUT2D eigenvalue weighted by molar-refractivity contribution is 5.97. The number of aliphatic hydroxyl groups excluding tert-OH is 1. The van der Waals surface area contributed by atoms with E-state index in [0.717, 1.165) is 30.6 Å². The molecule has 1 saturated heterocycles. The van der Waals surface area contributed by atoms with E-state index in [9.17, 15) is 9.90 Å². The number of nitrogens with one attached hydrogen (secondary N) is 1. The normalized spacial score (nSPS) is 24.0. The van der Waals surface area contributed by atoms with Crippen molar-refractivity contribution < 1.29 is 14.6 Å². The van der Waals surface area contributed by atoms with Crippen molar-refractivity contribution in [3.63, 3.8) is 0 Å². The molecule has 0 radical (unpaired) electrons. The SMILES string of the molecule is CN1C(=O)COc2ccc(C(O)C3CCCCN3)cc21. The first-order valence-electron chi connectivity index (χ1n) is 7.11. The molecule has 2 N–H and O–H groups in total. The summed E-state index contributed by atoms with van der Waals surface area (Å²) in [6.07, 6.45) is 2.73. The van der Waals surface area contributed by atoms with Gasteiger partial charge in [0.15, 0.2) is 6.61 Å². The van der Waals surface area contributed by atoms with E-state index < -0.39 is 6.10 Å². The molecule has 0 aromatic heterocycles. The molecule has 1 aromatic carbocycles. The van der Waals surface area contributed by atoms with Crippen LogP contribution < -0.4 is 15.0 Å². The summed E-state index contributed by atoms with van der Waals surface area (Å²) >= 11 is 0. The lowest BCUT2D eigenvalue weighted by Gasteiger charge is -2.30. The minimum absolute atomic E-state index is 0.0695. The Morgan fingerprint density at radius 1 is 1.45 bits per heavy atom. The summed E-state index contributed by atoms with van der Waals surface area (Å²) in [5.41, 5.74) is 1.56. The van der Waals surface area contributed by atoms with Gasteiger partial charge in [-0.2, -0.15) is 0 Å². The van der Waals surface area contributed by atoms with Crippen LogP contribution in [0.25, 0.3) is 0 Å². The van der Waals surface area contributed by atoms with Crippen molar-refractivity contribution in [2.24, 2.45) is 0 Å². The number of ether oxygens (including phenoxy) is 1. The van der Waals surface area contributed by atoms with E-state index in [-0.39, 0.29) is 18.6 Å². The van der Waals surface area contributed by atoms with Gasteiger partial charge in [0.05, 0.1) is 11.8 Å². The van der Waals surface area contributed by atoms with Crippen molar-refractivity contribution in [1.82, 2.24) is 5.32 Å². The van der Waals surface area contributed by atoms with Crippen molar-refractivity contribution in [3.05, 3.63) is 23.8 Å². The molecule has 2 unspecified atom stereocenters. The number of rotatable bonds is 2. The van der Waals surface area contributed by atoms with Crippen LogP contribution in [0.15, 0.2) is 18.2 Å². The van der Waals surface area contributed by atoms with Gasteiger partial charge in [-0.1, -0.05) is 12.5 Å². The van der Waals surface area contributed by atoms with Crippen LogP contribution in [0, 0.1) is 0 Å². The molecule has 1 aromatic rings. The van der Waals surface area contributed by atoms with Crippen LogP contribution in [0.5, 0.6) is 5.75 Å². The van der Waals surface area contributed by atoms with E-state index in [1.165, 1.54) is 6.42 Å². The smallest absolute Gasteiger partial charge is 0.264 e. The highest BCUT2D eigenvalue weighted by Crippen LogP contribution is 2.35. The van der Waals surface area contributed by atoms with Crippen molar-refractivity contribution in [3.8, 4) is 5.75 Å². The number of carbonyl (C=O) groups is 1. The number of hydrogen-bond donors (Lipinski definition) is 2. The summed E-state index contributed by atoms with van der Waals surface area (Å²) in [5, 5.41) is 13.8. The summed E-state index contributed by atoms with van der Waals surface area (Å²) in [7, 11) is 1.73. The van der Waals surface area contributed by atoms with Gasteiger partial charge in [0.2, 0.25) is 0 Å². The number of piperidine rings is 1. The Labute approximate surface area is 118 Å². The molecule has 0 aliphatic carbocycles. The molecular weight excluding hydrogens is 256 g/mol. The number of likely N-dealkylation sites (N-methyl/N-ethyl adjacent to an activating group) is 1. The van der Waals surface area contributed by atoms with Gasteiger partial charge in [-0.3, -0.25) is 4.79 Å². The maximum atomic E-state index is 11.7. The van der Waals surface area contributed by atoms with E-state index in [2.05, 4.69) is 5.32 Å². The van der Waals surface area contributed by atoms with Crippen molar-refractivity contribution in [1.29, 1.82) is 0 Å². The lowest BCUT2D eigenvalue weighted by atomic mass is 9.94. The minimum atomic E-state index is -0.550. The summed E-state index contributed by atoms with van der Waals surface area (Å²) in [6.45, 7) is 1.03. The summed E-state index contributed by atoms with van der Waals surface area (Å²) < 4.78 is 5.40. The lowest BCUT2D eigenvalue weighted by molar-refractivity contribution is -0.120. The van der Waals surface area contributed by atoms with E-state index in [0.29, 0.717) is 5.75 Å². The Balaban J connectivity index is 1.85. The van der Waals surface area contributed by atoms with Gasteiger partial charge < -0.3 is 20.1 Å². The zero-order valence-electron chi connectivity index (χ0n) is 11.6. The number of aliphatic hydroxyl groups is 1. The van der Waals surface area contributed by atoms with Gasteiger partial charge in [0.1, 0.15) is 5.75 Å². The zero-order valence-corrected chi connectivity index (χ0v) is 11.6. The Bertz CT molecular complexity index is 512. The first-order chi connectivity index (χ1) is 9.66. The molecule has 3 rings (SSSR count). The third kappa shape index (κ3) is 2.39. The molecule has 0 bridgehead atoms. The molecule has 5 heteroatoms. The third-order valence-corrected chi connectivity index (χ3v) is 4.14. The van der Waals surface area contributed by atoms with Gasteiger partial charge in [-0.15, -0.1) is 0 Å². The van der Waals surface area contributed by atoms with Crippen LogP contribution in [-0.2, 0) is 4.79 Å². The number of carbonyl (C=O) groups excluding carboxylic acids is 1. The fraction of sp³-hybridized carbons (Fsp3) is 0.533. The van der Waals surface area contributed by atoms with Crippen LogP contribution in [0.3, 0.4) is 0 Å². The molecule has 1 fully saturated rings. The quantitative estimate of drug-likeness (QED) is 0.852. The van der Waals surface area contributed by atoms with Gasteiger partial charge in [-0.05, 0) is 37.1 Å². The van der Waals surface area contributed by atoms with Gasteiger partial charge in [0, 0.05) is 13.1 Å². The second-order valence-electron chi connectivity index (χ2n) is 5.47. The molecule has 5 nitrogen and oxygen atoms in total. The van der Waals surface area contributed by atoms with Crippen LogP contribution in [0.4, 0.5) is 5.69 Å². The van der Waals surface area contributed by atoms with Gasteiger partial charge in [0.25, 0.3) is 5.91 Å². The standard InChI is InChI=1S/C15H20N2O3/c1-17-12-8-10(5-6-13(12)20-9-14(17)18)15(19)11-4-2-3-7-16-11/h5-6,8,11,15-16,19H,2-4,7,9H2,1H3. The van der Waals surface area contributed by atoms with E-state index >= 15 is 0 Å². The zero-order chi connectivity index (χ0) is 14.1. The maximum Gasteiger partial charge on any atom is 0.264 e. The third-order valence-electron chi connectivity index (χ3n) is 4.14. The van der Waals surface area contributed by atoms with Crippen LogP contribution >= 0.6 is 0 Å². The molecule has 0 saturated carbocycles. The van der Waals surface area contributed by atoms with Gasteiger partial charge >= 0.3 is 0 Å². The second kappa shape index (κ2) is 5.42. The van der Waals surface area contributed by atoms with Crippen LogP contribution in [0.2, 0.25) is 0 Å². The van der Waals surface area contributed by atoms with Crippen molar-refractivity contribution in [2.45, 2.75) is 31.4 Å². The number of amides is 1. The monoisotopic (exact) mass is 276 g/mol. The minimum Gasteiger partial charge on any atom is -0.482 e. The molecule has 2 aliphatic rings. The predicted molar refractivity (Wildman–Crippen MR) is 75.9 cm³/mol. The molecule has 0 spiro atoms. The van der Waals surface area contributed by atoms with E-state index in [4.69, 9.17) is 4.74 Å². The first-order valence-corrected chi connectivity index (χ1v) is 7.11. The van der Waals surface area contributed by atoms with Crippen LogP contribution in [0.1, 0.15) is 30.9 Å². The lowest BCUT2D eigenvalue weighted by Crippen LogP contribution is -2.39. The first kappa shape index (κ1) is 13.4. The Kier molecular flexibility index (Phi) is 3.63. The van der Waals surface area contributed by atoms with Crippen molar-refractivity contribution in [2.75, 3.05) is 25.1 Å². The molecule has 20 heavy (non-hydrogen) atoms. The van der Waals surface area contributed by atoms with E-state index in [1.54, 1.807) is 11.9 Å². The predicted octanol–water partition coefficient (Wildman–Crippen LogP) is 1.22. The fourth-order valence-corrected chi connectivity index (χ4v) is 2.85. The van der Waals surface area contributed by atoms with Crippen molar-refractivity contribution >= 4 is 11.6 Å². The highest BCUT2D eigenvalue weighted by atomic mass is 16.5. The summed E-state index contributed by atoms with van der Waals surface area (Å²) in [6, 6.07) is 5.66. The summed E-state index contributed by atoms with van der Waals surface area (Å²) in [5.74, 6) is 0.625. The molecular formula is C15H20N2O3. The number of nitrogens with zero attached hydrogens (tertiary/aromatic N) is 1. The molecule has 108 valence electrons. The average molecular weight is 276 g/mol. The molecule has 1 amide bonds. The van der Waals surface area contributed by atoms with E-state index in [1.807, 2.05) is 18.2 Å². The number of fused-ring (bicyclic) bond motifs is 1. The number of anilines is 1. The summed E-state index contributed by atoms with van der Waals surface area (Å²) in [4.78, 5) is 13.3. The van der Waals surface area contributed by atoms with Crippen LogP contribution in [-0.4, -0.2) is 37.3 Å². The fourth-order valence-electron chi connectivity index (χ4n) is 2.85. The Morgan fingerprint density at radius 3 is 3.05 bits per heavy atom. The largest absolute Gasteiger partial charge is 0.482 e.